The number of aromatic amines is 1. The molecule has 0 aliphatic rings. The van der Waals surface area contributed by atoms with E-state index in [-0.39, 0.29) is 5.56 Å². The van der Waals surface area contributed by atoms with Gasteiger partial charge in [0, 0.05) is 5.56 Å². The Hall–Kier alpha value is -2.62. The molecular formula is C15H12N2O2. The molecule has 94 valence electrons. The standard InChI is InChI=1S/C15H12N2O2/c1-19-11-8-6-10(7-9-11)14-15(18)17-13-5-3-2-4-12(13)16-14/h2-9H,1H3,(H,17,18). The van der Waals surface area contributed by atoms with Crippen LogP contribution in [-0.4, -0.2) is 17.1 Å². The molecule has 0 amide bonds. The molecule has 3 rings (SSSR count). The van der Waals surface area contributed by atoms with Gasteiger partial charge in [-0.2, -0.15) is 0 Å². The zero-order valence-electron chi connectivity index (χ0n) is 10.4. The number of nitrogens with one attached hydrogen (secondary N) is 1. The highest BCUT2D eigenvalue weighted by Crippen LogP contribution is 2.19. The lowest BCUT2D eigenvalue weighted by Crippen LogP contribution is -2.11. The molecule has 4 nitrogen and oxygen atoms in total. The summed E-state index contributed by atoms with van der Waals surface area (Å²) in [5, 5.41) is 0. The molecule has 19 heavy (non-hydrogen) atoms. The first-order chi connectivity index (χ1) is 9.28. The average molecular weight is 252 g/mol. The molecule has 1 heterocycles. The number of ether oxygens (including phenoxy) is 1. The molecule has 0 saturated carbocycles. The van der Waals surface area contributed by atoms with Gasteiger partial charge in [-0.1, -0.05) is 12.1 Å². The van der Waals surface area contributed by atoms with Crippen molar-refractivity contribution in [1.29, 1.82) is 0 Å². The number of para-hydroxylation sites is 2. The number of nitrogens with zero attached hydrogens (tertiary/aromatic N) is 1. The van der Waals surface area contributed by atoms with E-state index in [0.29, 0.717) is 5.69 Å². The van der Waals surface area contributed by atoms with Crippen molar-refractivity contribution in [3.8, 4) is 17.0 Å². The Morgan fingerprint density at radius 3 is 2.53 bits per heavy atom. The van der Waals surface area contributed by atoms with Crippen LogP contribution in [0.2, 0.25) is 0 Å². The topological polar surface area (TPSA) is 55.0 Å². The molecule has 0 unspecified atom stereocenters. The minimum Gasteiger partial charge on any atom is -0.497 e. The molecule has 0 spiro atoms. The van der Waals surface area contributed by atoms with Crippen LogP contribution in [0.5, 0.6) is 5.75 Å². The van der Waals surface area contributed by atoms with Crippen LogP contribution in [-0.2, 0) is 0 Å². The van der Waals surface area contributed by atoms with Gasteiger partial charge in [-0.25, -0.2) is 4.98 Å². The van der Waals surface area contributed by atoms with Crippen LogP contribution in [0.1, 0.15) is 0 Å². The second kappa shape index (κ2) is 4.57. The molecule has 0 fully saturated rings. The Morgan fingerprint density at radius 1 is 1.05 bits per heavy atom. The second-order valence-corrected chi connectivity index (χ2v) is 4.16. The molecule has 0 atom stereocenters. The van der Waals surface area contributed by atoms with E-state index < -0.39 is 0 Å². The number of aromatic nitrogens is 2. The maximum Gasteiger partial charge on any atom is 0.274 e. The lowest BCUT2D eigenvalue weighted by molar-refractivity contribution is 0.415. The summed E-state index contributed by atoms with van der Waals surface area (Å²) in [6.07, 6.45) is 0. The molecule has 1 aromatic heterocycles. The van der Waals surface area contributed by atoms with Gasteiger partial charge in [0.2, 0.25) is 0 Å². The Bertz CT molecular complexity index is 776. The predicted molar refractivity (Wildman–Crippen MR) is 74.4 cm³/mol. The Kier molecular flexibility index (Phi) is 2.76. The smallest absolute Gasteiger partial charge is 0.274 e. The van der Waals surface area contributed by atoms with E-state index in [4.69, 9.17) is 4.74 Å². The molecule has 2 aromatic carbocycles. The average Bonchev–Trinajstić information content (AvgIpc) is 2.47. The van der Waals surface area contributed by atoms with E-state index >= 15 is 0 Å². The quantitative estimate of drug-likeness (QED) is 0.762. The molecule has 3 aromatic rings. The third kappa shape index (κ3) is 2.08. The summed E-state index contributed by atoms with van der Waals surface area (Å²) in [7, 11) is 1.61. The number of benzene rings is 2. The van der Waals surface area contributed by atoms with Crippen molar-refractivity contribution in [3.05, 3.63) is 58.9 Å². The van der Waals surface area contributed by atoms with E-state index in [1.165, 1.54) is 0 Å². The minimum absolute atomic E-state index is 0.191. The summed E-state index contributed by atoms with van der Waals surface area (Å²) in [5.41, 5.74) is 2.51. The summed E-state index contributed by atoms with van der Waals surface area (Å²) in [5.74, 6) is 0.751. The van der Waals surface area contributed by atoms with Crippen LogP contribution in [0.25, 0.3) is 22.3 Å². The first kappa shape index (κ1) is 11.5. The van der Waals surface area contributed by atoms with Crippen LogP contribution in [0.3, 0.4) is 0 Å². The van der Waals surface area contributed by atoms with Crippen LogP contribution in [0.15, 0.2) is 53.3 Å². The van der Waals surface area contributed by atoms with Gasteiger partial charge in [0.25, 0.3) is 5.56 Å². The number of fused-ring (bicyclic) bond motifs is 1. The molecule has 0 saturated heterocycles. The van der Waals surface area contributed by atoms with Crippen molar-refractivity contribution >= 4 is 11.0 Å². The van der Waals surface area contributed by atoms with Gasteiger partial charge in [0.15, 0.2) is 0 Å². The fourth-order valence-corrected chi connectivity index (χ4v) is 1.97. The van der Waals surface area contributed by atoms with Crippen molar-refractivity contribution < 1.29 is 4.74 Å². The SMILES string of the molecule is COc1ccc(-c2nc3ccccc3[nH]c2=O)cc1. The van der Waals surface area contributed by atoms with E-state index in [1.54, 1.807) is 7.11 Å². The molecule has 0 radical (unpaired) electrons. The molecule has 0 bridgehead atoms. The second-order valence-electron chi connectivity index (χ2n) is 4.16. The van der Waals surface area contributed by atoms with Crippen molar-refractivity contribution in [2.75, 3.05) is 7.11 Å². The third-order valence-electron chi connectivity index (χ3n) is 2.96. The van der Waals surface area contributed by atoms with Crippen LogP contribution in [0.4, 0.5) is 0 Å². The van der Waals surface area contributed by atoms with Crippen molar-refractivity contribution in [2.24, 2.45) is 0 Å². The van der Waals surface area contributed by atoms with Gasteiger partial charge in [0.1, 0.15) is 11.4 Å². The lowest BCUT2D eigenvalue weighted by Gasteiger charge is -2.04. The zero-order valence-corrected chi connectivity index (χ0v) is 10.4. The molecule has 0 aliphatic carbocycles. The lowest BCUT2D eigenvalue weighted by atomic mass is 10.1. The van der Waals surface area contributed by atoms with Gasteiger partial charge >= 0.3 is 0 Å². The fraction of sp³-hybridized carbons (Fsp3) is 0.0667. The molecular weight excluding hydrogens is 240 g/mol. The highest BCUT2D eigenvalue weighted by atomic mass is 16.5. The summed E-state index contributed by atoms with van der Waals surface area (Å²) in [6, 6.07) is 14.7. The largest absolute Gasteiger partial charge is 0.497 e. The summed E-state index contributed by atoms with van der Waals surface area (Å²) in [6.45, 7) is 0. The molecule has 0 aliphatic heterocycles. The van der Waals surface area contributed by atoms with E-state index in [1.807, 2.05) is 48.5 Å². The fourth-order valence-electron chi connectivity index (χ4n) is 1.97. The van der Waals surface area contributed by atoms with Crippen molar-refractivity contribution in [3.63, 3.8) is 0 Å². The summed E-state index contributed by atoms with van der Waals surface area (Å²) < 4.78 is 5.10. The van der Waals surface area contributed by atoms with E-state index in [0.717, 1.165) is 22.3 Å². The van der Waals surface area contributed by atoms with Gasteiger partial charge in [0.05, 0.1) is 18.1 Å². The maximum absolute atomic E-state index is 12.0. The number of rotatable bonds is 2. The van der Waals surface area contributed by atoms with Crippen LogP contribution < -0.4 is 10.3 Å². The van der Waals surface area contributed by atoms with Gasteiger partial charge in [-0.15, -0.1) is 0 Å². The number of hydrogen-bond donors (Lipinski definition) is 1. The van der Waals surface area contributed by atoms with Crippen LogP contribution in [0, 0.1) is 0 Å². The Labute approximate surface area is 109 Å². The molecule has 4 heteroatoms. The van der Waals surface area contributed by atoms with Gasteiger partial charge in [-0.3, -0.25) is 4.79 Å². The Balaban J connectivity index is 2.18. The number of H-pyrrole nitrogens is 1. The van der Waals surface area contributed by atoms with Crippen molar-refractivity contribution in [1.82, 2.24) is 9.97 Å². The normalized spacial score (nSPS) is 10.6. The van der Waals surface area contributed by atoms with E-state index in [2.05, 4.69) is 9.97 Å². The van der Waals surface area contributed by atoms with Gasteiger partial charge in [-0.05, 0) is 36.4 Å². The summed E-state index contributed by atoms with van der Waals surface area (Å²) in [4.78, 5) is 19.3. The third-order valence-corrected chi connectivity index (χ3v) is 2.96. The number of hydrogen-bond acceptors (Lipinski definition) is 3. The van der Waals surface area contributed by atoms with Crippen LogP contribution >= 0.6 is 0 Å². The summed E-state index contributed by atoms with van der Waals surface area (Å²) >= 11 is 0. The van der Waals surface area contributed by atoms with Crippen molar-refractivity contribution in [2.45, 2.75) is 0 Å². The highest BCUT2D eigenvalue weighted by Gasteiger charge is 2.07. The maximum atomic E-state index is 12.0. The monoisotopic (exact) mass is 252 g/mol. The minimum atomic E-state index is -0.191. The van der Waals surface area contributed by atoms with E-state index in [9.17, 15) is 4.79 Å². The molecule has 1 N–H and O–H groups in total. The number of methoxy groups -OCH3 is 1. The first-order valence-corrected chi connectivity index (χ1v) is 5.91. The zero-order chi connectivity index (χ0) is 13.2. The van der Waals surface area contributed by atoms with Gasteiger partial charge < -0.3 is 9.72 Å². The highest BCUT2D eigenvalue weighted by molar-refractivity contribution is 5.76. The first-order valence-electron chi connectivity index (χ1n) is 5.91. The Morgan fingerprint density at radius 2 is 1.79 bits per heavy atom. The predicted octanol–water partition coefficient (Wildman–Crippen LogP) is 2.60.